The van der Waals surface area contributed by atoms with Crippen LogP contribution < -0.4 is 10.6 Å². The quantitative estimate of drug-likeness (QED) is 0.656. The molecule has 0 heterocycles. The number of carboxylic acid groups (broad SMARTS) is 1. The molecule has 5 nitrogen and oxygen atoms in total. The van der Waals surface area contributed by atoms with Crippen molar-refractivity contribution in [3.05, 3.63) is 23.5 Å². The van der Waals surface area contributed by atoms with Crippen molar-refractivity contribution < 1.29 is 19.4 Å². The average Bonchev–Trinajstić information content (AvgIpc) is 2.34. The third-order valence-electron chi connectivity index (χ3n) is 2.84. The van der Waals surface area contributed by atoms with Gasteiger partial charge in [-0.3, -0.25) is 0 Å². The van der Waals surface area contributed by atoms with Crippen molar-refractivity contribution in [1.82, 2.24) is 0 Å². The summed E-state index contributed by atoms with van der Waals surface area (Å²) in [7, 11) is 0. The van der Waals surface area contributed by atoms with Crippen molar-refractivity contribution >= 4 is 17.3 Å². The van der Waals surface area contributed by atoms with Crippen LogP contribution in [-0.4, -0.2) is 35.9 Å². The van der Waals surface area contributed by atoms with Gasteiger partial charge >= 0.3 is 5.97 Å². The van der Waals surface area contributed by atoms with Crippen molar-refractivity contribution in [2.75, 3.05) is 30.3 Å². The first-order chi connectivity index (χ1) is 9.01. The molecule has 4 N–H and O–H groups in total. The molecule has 19 heavy (non-hydrogen) atoms. The minimum atomic E-state index is -1.20. The number of carbonyl (C=O) groups is 1. The molecule has 0 spiro atoms. The number of unbranched alkanes of at least 4 members (excludes halogenated alkanes) is 1. The Morgan fingerprint density at radius 1 is 1.42 bits per heavy atom. The van der Waals surface area contributed by atoms with Gasteiger partial charge in [-0.25, -0.2) is 9.18 Å². The summed E-state index contributed by atoms with van der Waals surface area (Å²) in [5, 5.41) is 18.0. The second kappa shape index (κ2) is 6.94. The summed E-state index contributed by atoms with van der Waals surface area (Å²) in [6.45, 7) is 2.67. The Bertz CT molecular complexity index is 452. The van der Waals surface area contributed by atoms with Crippen molar-refractivity contribution in [3.8, 4) is 0 Å². The van der Waals surface area contributed by atoms with Gasteiger partial charge in [0, 0.05) is 18.8 Å². The number of anilines is 2. The maximum atomic E-state index is 13.9. The van der Waals surface area contributed by atoms with Gasteiger partial charge in [0.25, 0.3) is 0 Å². The third-order valence-corrected chi connectivity index (χ3v) is 2.84. The molecule has 0 unspecified atom stereocenters. The van der Waals surface area contributed by atoms with Gasteiger partial charge < -0.3 is 20.8 Å². The maximum absolute atomic E-state index is 13.9. The molecule has 1 aromatic rings. The van der Waals surface area contributed by atoms with Crippen LogP contribution in [0.25, 0.3) is 0 Å². The molecule has 0 atom stereocenters. The standard InChI is InChI=1S/C13H19FN2O3/c1-2-3-4-16(5-6-17)12-7-9(13(18)19)11(15)8-10(12)14/h7-8,17H,2-6,15H2,1H3,(H,18,19). The summed E-state index contributed by atoms with van der Waals surface area (Å²) in [6, 6.07) is 2.23. The van der Waals surface area contributed by atoms with E-state index in [1.165, 1.54) is 6.07 Å². The molecule has 6 heteroatoms. The number of carboxylic acids is 1. The first kappa shape index (κ1) is 15.2. The van der Waals surface area contributed by atoms with Gasteiger partial charge in [-0.1, -0.05) is 13.3 Å². The number of rotatable bonds is 7. The van der Waals surface area contributed by atoms with Crippen LogP contribution in [0.5, 0.6) is 0 Å². The monoisotopic (exact) mass is 270 g/mol. The van der Waals surface area contributed by atoms with Crippen LogP contribution in [-0.2, 0) is 0 Å². The molecule has 0 aliphatic carbocycles. The fourth-order valence-electron chi connectivity index (χ4n) is 1.83. The molecule has 0 aromatic heterocycles. The van der Waals surface area contributed by atoms with E-state index in [-0.39, 0.29) is 30.1 Å². The molecule has 1 rings (SSSR count). The van der Waals surface area contributed by atoms with E-state index < -0.39 is 11.8 Å². The van der Waals surface area contributed by atoms with Gasteiger partial charge in [0.1, 0.15) is 5.82 Å². The Balaban J connectivity index is 3.13. The highest BCUT2D eigenvalue weighted by atomic mass is 19.1. The Labute approximate surface area is 111 Å². The lowest BCUT2D eigenvalue weighted by Crippen LogP contribution is -2.29. The Kier molecular flexibility index (Phi) is 5.57. The number of benzene rings is 1. The second-order valence-corrected chi connectivity index (χ2v) is 4.26. The minimum absolute atomic E-state index is 0.104. The fourth-order valence-corrected chi connectivity index (χ4v) is 1.83. The van der Waals surface area contributed by atoms with Crippen molar-refractivity contribution in [2.24, 2.45) is 0 Å². The number of hydrogen-bond donors (Lipinski definition) is 3. The van der Waals surface area contributed by atoms with E-state index in [9.17, 15) is 9.18 Å². The van der Waals surface area contributed by atoms with E-state index in [1.807, 2.05) is 6.92 Å². The highest BCUT2D eigenvalue weighted by molar-refractivity contribution is 5.95. The normalized spacial score (nSPS) is 10.5. The van der Waals surface area contributed by atoms with E-state index in [1.54, 1.807) is 4.90 Å². The highest BCUT2D eigenvalue weighted by Crippen LogP contribution is 2.26. The lowest BCUT2D eigenvalue weighted by atomic mass is 10.1. The van der Waals surface area contributed by atoms with Gasteiger partial charge in [0.05, 0.1) is 17.9 Å². The largest absolute Gasteiger partial charge is 0.478 e. The zero-order chi connectivity index (χ0) is 14.4. The maximum Gasteiger partial charge on any atom is 0.337 e. The number of nitrogens with two attached hydrogens (primary N) is 1. The summed E-state index contributed by atoms with van der Waals surface area (Å²) in [5.74, 6) is -1.77. The Morgan fingerprint density at radius 3 is 2.63 bits per heavy atom. The SMILES string of the molecule is CCCCN(CCO)c1cc(C(=O)O)c(N)cc1F. The van der Waals surface area contributed by atoms with Crippen LogP contribution in [0.1, 0.15) is 30.1 Å². The molecule has 0 bridgehead atoms. The van der Waals surface area contributed by atoms with Crippen LogP contribution in [0.2, 0.25) is 0 Å². The van der Waals surface area contributed by atoms with E-state index in [0.717, 1.165) is 18.9 Å². The van der Waals surface area contributed by atoms with Crippen molar-refractivity contribution in [2.45, 2.75) is 19.8 Å². The summed E-state index contributed by atoms with van der Waals surface area (Å²) < 4.78 is 13.9. The fraction of sp³-hybridized carbons (Fsp3) is 0.462. The molecule has 106 valence electrons. The zero-order valence-electron chi connectivity index (χ0n) is 10.9. The van der Waals surface area contributed by atoms with Crippen molar-refractivity contribution in [1.29, 1.82) is 0 Å². The van der Waals surface area contributed by atoms with E-state index in [4.69, 9.17) is 15.9 Å². The molecule has 0 amide bonds. The molecular weight excluding hydrogens is 251 g/mol. The van der Waals surface area contributed by atoms with Gasteiger partial charge in [-0.05, 0) is 18.6 Å². The molecule has 0 saturated heterocycles. The Hall–Kier alpha value is -1.82. The lowest BCUT2D eigenvalue weighted by Gasteiger charge is -2.25. The highest BCUT2D eigenvalue weighted by Gasteiger charge is 2.17. The van der Waals surface area contributed by atoms with E-state index in [2.05, 4.69) is 0 Å². The summed E-state index contributed by atoms with van der Waals surface area (Å²) in [4.78, 5) is 12.6. The average molecular weight is 270 g/mol. The smallest absolute Gasteiger partial charge is 0.337 e. The molecule has 0 aliphatic heterocycles. The van der Waals surface area contributed by atoms with Crippen molar-refractivity contribution in [3.63, 3.8) is 0 Å². The lowest BCUT2D eigenvalue weighted by molar-refractivity contribution is 0.0698. The number of aromatic carboxylic acids is 1. The topological polar surface area (TPSA) is 86.8 Å². The van der Waals surface area contributed by atoms with Gasteiger partial charge in [-0.15, -0.1) is 0 Å². The Morgan fingerprint density at radius 2 is 2.11 bits per heavy atom. The van der Waals surface area contributed by atoms with Crippen LogP contribution in [0.3, 0.4) is 0 Å². The molecule has 1 aromatic carbocycles. The first-order valence-corrected chi connectivity index (χ1v) is 6.19. The molecule has 0 fully saturated rings. The molecule has 0 aliphatic rings. The van der Waals surface area contributed by atoms with Crippen LogP contribution in [0.4, 0.5) is 15.8 Å². The summed E-state index contributed by atoms with van der Waals surface area (Å²) >= 11 is 0. The number of nitrogen functional groups attached to an aromatic ring is 1. The predicted octanol–water partition coefficient (Wildman–Crippen LogP) is 1.70. The third kappa shape index (κ3) is 3.82. The van der Waals surface area contributed by atoms with E-state index in [0.29, 0.717) is 6.54 Å². The molecule has 0 saturated carbocycles. The molecule has 0 radical (unpaired) electrons. The molecular formula is C13H19FN2O3. The number of nitrogens with zero attached hydrogens (tertiary/aromatic N) is 1. The second-order valence-electron chi connectivity index (χ2n) is 4.26. The number of aliphatic hydroxyl groups is 1. The first-order valence-electron chi connectivity index (χ1n) is 6.19. The van der Waals surface area contributed by atoms with Crippen LogP contribution in [0, 0.1) is 5.82 Å². The number of aliphatic hydroxyl groups excluding tert-OH is 1. The van der Waals surface area contributed by atoms with Gasteiger partial charge in [0.2, 0.25) is 0 Å². The van der Waals surface area contributed by atoms with Crippen LogP contribution in [0.15, 0.2) is 12.1 Å². The van der Waals surface area contributed by atoms with Crippen LogP contribution >= 0.6 is 0 Å². The zero-order valence-corrected chi connectivity index (χ0v) is 10.9. The minimum Gasteiger partial charge on any atom is -0.478 e. The van der Waals surface area contributed by atoms with Gasteiger partial charge in [-0.2, -0.15) is 0 Å². The van der Waals surface area contributed by atoms with Gasteiger partial charge in [0.15, 0.2) is 0 Å². The number of halogens is 1. The number of hydrogen-bond acceptors (Lipinski definition) is 4. The summed E-state index contributed by atoms with van der Waals surface area (Å²) in [6.07, 6.45) is 1.75. The predicted molar refractivity (Wildman–Crippen MR) is 72.0 cm³/mol. The van der Waals surface area contributed by atoms with E-state index >= 15 is 0 Å². The summed E-state index contributed by atoms with van der Waals surface area (Å²) in [5.41, 5.74) is 5.41.